The van der Waals surface area contributed by atoms with Crippen molar-refractivity contribution in [1.82, 2.24) is 39.5 Å². The van der Waals surface area contributed by atoms with E-state index in [-0.39, 0.29) is 5.91 Å². The molecular formula is C19H22N8O. The van der Waals surface area contributed by atoms with Crippen molar-refractivity contribution in [3.05, 3.63) is 53.9 Å². The fraction of sp³-hybridized carbons (Fsp3) is 0.316. The number of nitrogens with zero attached hydrogens (tertiary/aromatic N) is 7. The third-order valence-electron chi connectivity index (χ3n) is 4.73. The monoisotopic (exact) mass is 378 g/mol. The molecule has 0 radical (unpaired) electrons. The fourth-order valence-corrected chi connectivity index (χ4v) is 3.17. The predicted molar refractivity (Wildman–Crippen MR) is 104 cm³/mol. The van der Waals surface area contributed by atoms with Gasteiger partial charge in [0.2, 0.25) is 0 Å². The zero-order valence-corrected chi connectivity index (χ0v) is 16.1. The van der Waals surface area contributed by atoms with Crippen LogP contribution >= 0.6 is 0 Å². The maximum absolute atomic E-state index is 12.6. The summed E-state index contributed by atoms with van der Waals surface area (Å²) in [5, 5.41) is 16.0. The Morgan fingerprint density at radius 3 is 2.75 bits per heavy atom. The lowest BCUT2D eigenvalue weighted by molar-refractivity contribution is 0.0945. The maximum atomic E-state index is 12.6. The average Bonchev–Trinajstić information content (AvgIpc) is 3.43. The molecule has 0 aliphatic heterocycles. The van der Waals surface area contributed by atoms with Gasteiger partial charge >= 0.3 is 0 Å². The summed E-state index contributed by atoms with van der Waals surface area (Å²) in [6.07, 6.45) is 7.20. The number of hydrogen-bond acceptors (Lipinski definition) is 5. The second-order valence-electron chi connectivity index (χ2n) is 6.48. The van der Waals surface area contributed by atoms with Crippen LogP contribution in [-0.2, 0) is 19.6 Å². The number of hydrogen-bond donors (Lipinski definition) is 1. The number of rotatable bonds is 6. The molecule has 4 rings (SSSR count). The molecule has 0 fully saturated rings. The molecule has 4 aromatic heterocycles. The Kier molecular flexibility index (Phi) is 4.64. The zero-order chi connectivity index (χ0) is 19.7. The summed E-state index contributed by atoms with van der Waals surface area (Å²) in [6.45, 7) is 8.07. The zero-order valence-electron chi connectivity index (χ0n) is 16.1. The Morgan fingerprint density at radius 2 is 2.04 bits per heavy atom. The molecule has 28 heavy (non-hydrogen) atoms. The molecule has 1 N–H and O–H groups in total. The Bertz CT molecular complexity index is 1140. The van der Waals surface area contributed by atoms with Gasteiger partial charge in [-0.2, -0.15) is 15.3 Å². The molecule has 0 aromatic carbocycles. The van der Waals surface area contributed by atoms with E-state index in [9.17, 15) is 4.79 Å². The summed E-state index contributed by atoms with van der Waals surface area (Å²) >= 11 is 0. The lowest BCUT2D eigenvalue weighted by Gasteiger charge is -2.04. The van der Waals surface area contributed by atoms with Gasteiger partial charge < -0.3 is 5.32 Å². The van der Waals surface area contributed by atoms with Crippen LogP contribution < -0.4 is 5.32 Å². The van der Waals surface area contributed by atoms with Gasteiger partial charge in [0, 0.05) is 54.9 Å². The van der Waals surface area contributed by atoms with Crippen LogP contribution in [0.25, 0.3) is 16.9 Å². The van der Waals surface area contributed by atoms with E-state index in [0.717, 1.165) is 35.6 Å². The van der Waals surface area contributed by atoms with Crippen LogP contribution in [0.15, 0.2) is 36.9 Å². The van der Waals surface area contributed by atoms with Crippen molar-refractivity contribution in [3.63, 3.8) is 0 Å². The van der Waals surface area contributed by atoms with Crippen molar-refractivity contribution >= 4 is 11.6 Å². The highest BCUT2D eigenvalue weighted by molar-refractivity contribution is 5.93. The quantitative estimate of drug-likeness (QED) is 0.554. The maximum Gasteiger partial charge on any atom is 0.272 e. The summed E-state index contributed by atoms with van der Waals surface area (Å²) < 4.78 is 5.44. The van der Waals surface area contributed by atoms with Crippen LogP contribution in [0, 0.1) is 6.92 Å². The molecule has 9 nitrogen and oxygen atoms in total. The van der Waals surface area contributed by atoms with Gasteiger partial charge in [0.05, 0.1) is 18.1 Å². The molecule has 0 saturated heterocycles. The molecule has 0 aliphatic rings. The van der Waals surface area contributed by atoms with E-state index in [4.69, 9.17) is 0 Å². The normalized spacial score (nSPS) is 11.2. The molecule has 0 atom stereocenters. The topological polar surface area (TPSA) is 94.9 Å². The van der Waals surface area contributed by atoms with Crippen LogP contribution in [0.4, 0.5) is 0 Å². The second-order valence-corrected chi connectivity index (χ2v) is 6.48. The van der Waals surface area contributed by atoms with Crippen LogP contribution in [-0.4, -0.2) is 40.1 Å². The average molecular weight is 378 g/mol. The summed E-state index contributed by atoms with van der Waals surface area (Å²) in [6, 6.07) is 3.57. The molecule has 144 valence electrons. The van der Waals surface area contributed by atoms with Gasteiger partial charge in [0.1, 0.15) is 0 Å². The standard InChI is InChI=1S/C19H22N8O/c1-4-25-12-14(10-22-25)9-21-19(28)16-8-18-20-7-6-17(27(18)24-16)15-11-23-26(5-2)13(15)3/h6-8,10-12H,4-5,9H2,1-3H3,(H,21,28). The highest BCUT2D eigenvalue weighted by Crippen LogP contribution is 2.23. The van der Waals surface area contributed by atoms with Gasteiger partial charge in [-0.3, -0.25) is 14.2 Å². The van der Waals surface area contributed by atoms with Gasteiger partial charge in [-0.1, -0.05) is 0 Å². The molecule has 9 heteroatoms. The molecule has 0 bridgehead atoms. The minimum absolute atomic E-state index is 0.248. The third-order valence-corrected chi connectivity index (χ3v) is 4.73. The minimum Gasteiger partial charge on any atom is -0.346 e. The predicted octanol–water partition coefficient (Wildman–Crippen LogP) is 2.07. The molecule has 1 amide bonds. The van der Waals surface area contributed by atoms with Gasteiger partial charge in [-0.25, -0.2) is 9.50 Å². The summed E-state index contributed by atoms with van der Waals surface area (Å²) in [4.78, 5) is 16.9. The van der Waals surface area contributed by atoms with Crippen molar-refractivity contribution < 1.29 is 4.79 Å². The number of fused-ring (bicyclic) bond motifs is 1. The number of aromatic nitrogens is 7. The molecule has 4 aromatic rings. The summed E-state index contributed by atoms with van der Waals surface area (Å²) in [5.41, 5.74) is 4.75. The van der Waals surface area contributed by atoms with Crippen LogP contribution in [0.1, 0.15) is 35.6 Å². The fourth-order valence-electron chi connectivity index (χ4n) is 3.17. The van der Waals surface area contributed by atoms with Crippen molar-refractivity contribution in [2.24, 2.45) is 0 Å². The largest absolute Gasteiger partial charge is 0.346 e. The lowest BCUT2D eigenvalue weighted by Crippen LogP contribution is -2.23. The number of carbonyl (C=O) groups is 1. The van der Waals surface area contributed by atoms with E-state index in [1.807, 2.05) is 48.6 Å². The van der Waals surface area contributed by atoms with Crippen LogP contribution in [0.5, 0.6) is 0 Å². The molecule has 4 heterocycles. The van der Waals surface area contributed by atoms with E-state index < -0.39 is 0 Å². The first kappa shape index (κ1) is 17.9. The number of nitrogens with one attached hydrogen (secondary N) is 1. The van der Waals surface area contributed by atoms with E-state index in [1.54, 1.807) is 23.0 Å². The Hall–Kier alpha value is -3.49. The van der Waals surface area contributed by atoms with Gasteiger partial charge in [-0.05, 0) is 26.8 Å². The highest BCUT2D eigenvalue weighted by atomic mass is 16.1. The first-order valence-electron chi connectivity index (χ1n) is 9.27. The molecular weight excluding hydrogens is 356 g/mol. The number of aryl methyl sites for hydroxylation is 2. The van der Waals surface area contributed by atoms with Crippen molar-refractivity contribution in [1.29, 1.82) is 0 Å². The second kappa shape index (κ2) is 7.26. The van der Waals surface area contributed by atoms with E-state index in [2.05, 4.69) is 25.6 Å². The molecule has 0 aliphatic carbocycles. The SMILES string of the molecule is CCn1cc(CNC(=O)c2cc3nccc(-c4cnn(CC)c4C)n3n2)cn1. The van der Waals surface area contributed by atoms with Crippen molar-refractivity contribution in [2.75, 3.05) is 0 Å². The summed E-state index contributed by atoms with van der Waals surface area (Å²) in [5.74, 6) is -0.248. The van der Waals surface area contributed by atoms with E-state index in [1.165, 1.54) is 0 Å². The smallest absolute Gasteiger partial charge is 0.272 e. The third kappa shape index (κ3) is 3.15. The van der Waals surface area contributed by atoms with Crippen molar-refractivity contribution in [3.8, 4) is 11.3 Å². The van der Waals surface area contributed by atoms with E-state index >= 15 is 0 Å². The van der Waals surface area contributed by atoms with E-state index in [0.29, 0.717) is 17.9 Å². The first-order chi connectivity index (χ1) is 13.6. The lowest BCUT2D eigenvalue weighted by atomic mass is 10.2. The van der Waals surface area contributed by atoms with Gasteiger partial charge in [0.15, 0.2) is 11.3 Å². The Morgan fingerprint density at radius 1 is 1.18 bits per heavy atom. The van der Waals surface area contributed by atoms with Crippen molar-refractivity contribution in [2.45, 2.75) is 40.4 Å². The highest BCUT2D eigenvalue weighted by Gasteiger charge is 2.16. The minimum atomic E-state index is -0.248. The molecule has 0 spiro atoms. The van der Waals surface area contributed by atoms with Crippen LogP contribution in [0.2, 0.25) is 0 Å². The van der Waals surface area contributed by atoms with Gasteiger partial charge in [-0.15, -0.1) is 0 Å². The Labute approximate surface area is 162 Å². The number of carbonyl (C=O) groups excluding carboxylic acids is 1. The van der Waals surface area contributed by atoms with Crippen LogP contribution in [0.3, 0.4) is 0 Å². The molecule has 0 unspecified atom stereocenters. The molecule has 0 saturated carbocycles. The number of amides is 1. The summed E-state index contributed by atoms with van der Waals surface area (Å²) in [7, 11) is 0. The Balaban J connectivity index is 1.60. The first-order valence-corrected chi connectivity index (χ1v) is 9.27. The van der Waals surface area contributed by atoms with Gasteiger partial charge in [0.25, 0.3) is 5.91 Å².